The SMILES string of the molecule is CN1C=C(c2ccc(-c3[nH]c4ccc(Cl)cc4c3F)c(N=O)c2)NC1C1CCCN1C(=O)OC(C)(C)C. The number of benzene rings is 2. The van der Waals surface area contributed by atoms with Crippen LogP contribution in [0.25, 0.3) is 27.9 Å². The first-order valence-corrected chi connectivity index (χ1v) is 12.6. The van der Waals surface area contributed by atoms with Crippen LogP contribution in [0.4, 0.5) is 14.9 Å². The summed E-state index contributed by atoms with van der Waals surface area (Å²) in [7, 11) is 1.94. The average Bonchev–Trinajstić information content (AvgIpc) is 3.55. The summed E-state index contributed by atoms with van der Waals surface area (Å²) in [6, 6.07) is 9.96. The summed E-state index contributed by atoms with van der Waals surface area (Å²) >= 11 is 6.03. The molecule has 5 rings (SSSR count). The van der Waals surface area contributed by atoms with Crippen LogP contribution in [0, 0.1) is 10.7 Å². The lowest BCUT2D eigenvalue weighted by Crippen LogP contribution is -2.52. The van der Waals surface area contributed by atoms with Crippen molar-refractivity contribution in [1.82, 2.24) is 20.1 Å². The number of carbonyl (C=O) groups is 1. The molecule has 1 fully saturated rings. The zero-order valence-corrected chi connectivity index (χ0v) is 21.9. The third kappa shape index (κ3) is 4.75. The van der Waals surface area contributed by atoms with E-state index in [1.54, 1.807) is 35.2 Å². The third-order valence-electron chi connectivity index (χ3n) is 6.74. The Hall–Kier alpha value is -3.59. The molecule has 3 aromatic rings. The van der Waals surface area contributed by atoms with Crippen LogP contribution in [0.5, 0.6) is 0 Å². The Labute approximate surface area is 219 Å². The van der Waals surface area contributed by atoms with Gasteiger partial charge in [-0.25, -0.2) is 9.18 Å². The number of ether oxygens (including phenoxy) is 1. The maximum atomic E-state index is 15.2. The molecule has 0 radical (unpaired) electrons. The van der Waals surface area contributed by atoms with E-state index in [4.69, 9.17) is 16.3 Å². The molecule has 0 bridgehead atoms. The van der Waals surface area contributed by atoms with Gasteiger partial charge in [-0.05, 0) is 69.1 Å². The number of nitrogens with zero attached hydrogens (tertiary/aromatic N) is 3. The van der Waals surface area contributed by atoms with Gasteiger partial charge in [-0.2, -0.15) is 0 Å². The van der Waals surface area contributed by atoms with E-state index in [1.807, 2.05) is 45.0 Å². The van der Waals surface area contributed by atoms with Crippen molar-refractivity contribution in [3.8, 4) is 11.3 Å². The number of hydrogen-bond donors (Lipinski definition) is 2. The van der Waals surface area contributed by atoms with Crippen LogP contribution in [-0.4, -0.2) is 52.3 Å². The van der Waals surface area contributed by atoms with Crippen LogP contribution in [0.1, 0.15) is 39.2 Å². The van der Waals surface area contributed by atoms with E-state index >= 15 is 4.39 Å². The highest BCUT2D eigenvalue weighted by molar-refractivity contribution is 6.31. The Balaban J connectivity index is 1.40. The van der Waals surface area contributed by atoms with Crippen molar-refractivity contribution in [3.05, 3.63) is 63.9 Å². The van der Waals surface area contributed by atoms with Gasteiger partial charge in [-0.3, -0.25) is 0 Å². The predicted octanol–water partition coefficient (Wildman–Crippen LogP) is 6.58. The van der Waals surface area contributed by atoms with Crippen molar-refractivity contribution in [3.63, 3.8) is 0 Å². The molecule has 2 atom stereocenters. The molecule has 1 saturated heterocycles. The number of nitroso groups, excluding NO2 is 1. The van der Waals surface area contributed by atoms with E-state index in [9.17, 15) is 9.70 Å². The molecule has 2 N–H and O–H groups in total. The summed E-state index contributed by atoms with van der Waals surface area (Å²) in [5, 5.41) is 7.45. The molecule has 194 valence electrons. The Bertz CT molecular complexity index is 1410. The van der Waals surface area contributed by atoms with Crippen molar-refractivity contribution in [2.24, 2.45) is 5.18 Å². The Morgan fingerprint density at radius 2 is 2.00 bits per heavy atom. The van der Waals surface area contributed by atoms with Gasteiger partial charge in [0.2, 0.25) is 0 Å². The first-order valence-electron chi connectivity index (χ1n) is 12.2. The first kappa shape index (κ1) is 25.1. The Morgan fingerprint density at radius 1 is 1.22 bits per heavy atom. The van der Waals surface area contributed by atoms with Crippen molar-refractivity contribution < 1.29 is 13.9 Å². The molecule has 37 heavy (non-hydrogen) atoms. The molecule has 10 heteroatoms. The van der Waals surface area contributed by atoms with E-state index in [0.717, 1.165) is 24.1 Å². The van der Waals surface area contributed by atoms with E-state index in [0.29, 0.717) is 28.0 Å². The largest absolute Gasteiger partial charge is 0.444 e. The second-order valence-corrected chi connectivity index (χ2v) is 10.9. The highest BCUT2D eigenvalue weighted by Crippen LogP contribution is 2.38. The molecular weight excluding hydrogens is 497 g/mol. The van der Waals surface area contributed by atoms with E-state index in [-0.39, 0.29) is 29.7 Å². The standard InChI is InChI=1S/C27H29ClFN5O3/c1-27(2,3)37-26(35)34-11-5-6-22(34)25-31-21(14-33(25)4)15-7-9-17(20(12-15)32-36)24-23(29)18-13-16(28)8-10-19(18)30-24/h7-10,12-14,22,25,30-31H,5-6,11H2,1-4H3. The lowest BCUT2D eigenvalue weighted by atomic mass is 10.0. The highest BCUT2D eigenvalue weighted by Gasteiger charge is 2.40. The topological polar surface area (TPSA) is 90.0 Å². The molecule has 2 aliphatic heterocycles. The van der Waals surface area contributed by atoms with Crippen molar-refractivity contribution in [1.29, 1.82) is 0 Å². The summed E-state index contributed by atoms with van der Waals surface area (Å²) < 4.78 is 20.8. The Kier molecular flexibility index (Phi) is 6.35. The number of rotatable bonds is 4. The molecule has 8 nitrogen and oxygen atoms in total. The first-order chi connectivity index (χ1) is 17.6. The number of carbonyl (C=O) groups excluding carboxylic acids is 1. The van der Waals surface area contributed by atoms with E-state index in [2.05, 4.69) is 15.5 Å². The van der Waals surface area contributed by atoms with Gasteiger partial charge < -0.3 is 24.8 Å². The molecule has 3 heterocycles. The molecule has 2 aromatic carbocycles. The van der Waals surface area contributed by atoms with Crippen LogP contribution in [0.15, 0.2) is 47.8 Å². The zero-order valence-electron chi connectivity index (χ0n) is 21.1. The number of H-pyrrole nitrogens is 1. The number of hydrogen-bond acceptors (Lipinski definition) is 6. The second kappa shape index (κ2) is 9.37. The number of aromatic nitrogens is 1. The molecule has 2 aliphatic rings. The summed E-state index contributed by atoms with van der Waals surface area (Å²) in [4.78, 5) is 31.4. The van der Waals surface area contributed by atoms with Crippen LogP contribution >= 0.6 is 11.6 Å². The minimum Gasteiger partial charge on any atom is -0.444 e. The lowest BCUT2D eigenvalue weighted by Gasteiger charge is -2.35. The minimum absolute atomic E-state index is 0.0798. The van der Waals surface area contributed by atoms with Crippen LogP contribution in [0.2, 0.25) is 5.02 Å². The number of nitrogens with one attached hydrogen (secondary N) is 2. The normalized spacial score (nSPS) is 19.8. The van der Waals surface area contributed by atoms with Crippen molar-refractivity contribution in [2.75, 3.05) is 13.6 Å². The van der Waals surface area contributed by atoms with Gasteiger partial charge in [-0.15, -0.1) is 4.91 Å². The number of amides is 1. The maximum Gasteiger partial charge on any atom is 0.410 e. The highest BCUT2D eigenvalue weighted by atomic mass is 35.5. The van der Waals surface area contributed by atoms with Gasteiger partial charge in [0.05, 0.1) is 17.4 Å². The molecule has 0 spiro atoms. The summed E-state index contributed by atoms with van der Waals surface area (Å²) in [5.41, 5.74) is 2.17. The molecule has 0 aliphatic carbocycles. The quantitative estimate of drug-likeness (QED) is 0.375. The van der Waals surface area contributed by atoms with E-state index < -0.39 is 11.4 Å². The fraction of sp³-hybridized carbons (Fsp3) is 0.370. The fourth-order valence-corrected chi connectivity index (χ4v) is 5.25. The van der Waals surface area contributed by atoms with Crippen LogP contribution in [-0.2, 0) is 4.74 Å². The van der Waals surface area contributed by atoms with Crippen LogP contribution < -0.4 is 5.32 Å². The van der Waals surface area contributed by atoms with E-state index in [1.165, 1.54) is 0 Å². The fourth-order valence-electron chi connectivity index (χ4n) is 5.08. The molecule has 0 saturated carbocycles. The van der Waals surface area contributed by atoms with Gasteiger partial charge in [0.25, 0.3) is 0 Å². The number of fused-ring (bicyclic) bond motifs is 1. The van der Waals surface area contributed by atoms with Gasteiger partial charge in [0, 0.05) is 46.8 Å². The summed E-state index contributed by atoms with van der Waals surface area (Å²) in [5.74, 6) is -0.489. The number of halogens is 2. The summed E-state index contributed by atoms with van der Waals surface area (Å²) in [6.07, 6.45) is 3.18. The molecule has 1 aromatic heterocycles. The number of aromatic amines is 1. The minimum atomic E-state index is -0.570. The molecule has 2 unspecified atom stereocenters. The molecule has 1 amide bonds. The van der Waals surface area contributed by atoms with Gasteiger partial charge in [-0.1, -0.05) is 17.7 Å². The van der Waals surface area contributed by atoms with Gasteiger partial charge in [0.15, 0.2) is 5.82 Å². The summed E-state index contributed by atoms with van der Waals surface area (Å²) in [6.45, 7) is 6.20. The Morgan fingerprint density at radius 3 is 2.73 bits per heavy atom. The lowest BCUT2D eigenvalue weighted by molar-refractivity contribution is 0.0159. The van der Waals surface area contributed by atoms with Gasteiger partial charge in [0.1, 0.15) is 17.5 Å². The maximum absolute atomic E-state index is 15.2. The zero-order chi connectivity index (χ0) is 26.5. The van der Waals surface area contributed by atoms with Crippen molar-refractivity contribution in [2.45, 2.75) is 51.4 Å². The number of likely N-dealkylation sites (N-methyl/N-ethyl adjacent to an activating group) is 1. The average molecular weight is 526 g/mol. The van der Waals surface area contributed by atoms with Crippen LogP contribution in [0.3, 0.4) is 0 Å². The predicted molar refractivity (Wildman–Crippen MR) is 143 cm³/mol. The van der Waals surface area contributed by atoms with Gasteiger partial charge >= 0.3 is 6.09 Å². The third-order valence-corrected chi connectivity index (χ3v) is 6.98. The second-order valence-electron chi connectivity index (χ2n) is 10.5. The molecular formula is C27H29ClFN5O3. The number of likely N-dealkylation sites (tertiary alicyclic amines) is 1. The smallest absolute Gasteiger partial charge is 0.410 e. The van der Waals surface area contributed by atoms with Crippen molar-refractivity contribution >= 4 is 40.0 Å². The monoisotopic (exact) mass is 525 g/mol.